The summed E-state index contributed by atoms with van der Waals surface area (Å²) in [7, 11) is 0. The van der Waals surface area contributed by atoms with E-state index in [1.165, 1.54) is 17.0 Å². The monoisotopic (exact) mass is 235 g/mol. The van der Waals surface area contributed by atoms with E-state index >= 15 is 0 Å². The molecule has 1 aliphatic rings. The van der Waals surface area contributed by atoms with Gasteiger partial charge in [0, 0.05) is 6.54 Å². The number of amides is 1. The molecule has 3 nitrogen and oxygen atoms in total. The number of halogens is 1. The summed E-state index contributed by atoms with van der Waals surface area (Å²) in [6.07, 6.45) is 4.42. The minimum Gasteiger partial charge on any atom is -0.465 e. The summed E-state index contributed by atoms with van der Waals surface area (Å²) in [4.78, 5) is 12.3. The van der Waals surface area contributed by atoms with Crippen molar-refractivity contribution in [2.75, 3.05) is 6.54 Å². The van der Waals surface area contributed by atoms with Crippen molar-refractivity contribution in [3.05, 3.63) is 41.7 Å². The largest absolute Gasteiger partial charge is 0.465 e. The van der Waals surface area contributed by atoms with E-state index in [0.29, 0.717) is 6.54 Å². The van der Waals surface area contributed by atoms with Gasteiger partial charge in [-0.25, -0.2) is 9.18 Å². The molecule has 1 aromatic carbocycles. The number of hydrogen-bond acceptors (Lipinski definition) is 1. The van der Waals surface area contributed by atoms with E-state index in [4.69, 9.17) is 5.11 Å². The number of carbonyl (C=O) groups is 1. The van der Waals surface area contributed by atoms with Crippen LogP contribution in [0.4, 0.5) is 9.18 Å². The van der Waals surface area contributed by atoms with Crippen molar-refractivity contribution in [1.29, 1.82) is 0 Å². The minimum atomic E-state index is -0.892. The molecule has 4 heteroatoms. The smallest absolute Gasteiger partial charge is 0.407 e. The quantitative estimate of drug-likeness (QED) is 0.856. The van der Waals surface area contributed by atoms with E-state index in [2.05, 4.69) is 0 Å². The second-order valence-electron chi connectivity index (χ2n) is 4.10. The van der Waals surface area contributed by atoms with Crippen LogP contribution in [-0.2, 0) is 0 Å². The van der Waals surface area contributed by atoms with E-state index in [9.17, 15) is 9.18 Å². The third-order valence-corrected chi connectivity index (χ3v) is 2.90. The fourth-order valence-electron chi connectivity index (χ4n) is 2.06. The zero-order valence-electron chi connectivity index (χ0n) is 9.34. The first-order valence-corrected chi connectivity index (χ1v) is 5.60. The van der Waals surface area contributed by atoms with Crippen molar-refractivity contribution < 1.29 is 14.3 Å². The Balaban J connectivity index is 2.07. The van der Waals surface area contributed by atoms with Gasteiger partial charge in [-0.15, -0.1) is 0 Å². The summed E-state index contributed by atoms with van der Waals surface area (Å²) in [6.45, 7) is 0.577. The average molecular weight is 235 g/mol. The van der Waals surface area contributed by atoms with Gasteiger partial charge >= 0.3 is 6.09 Å². The molecule has 0 spiro atoms. The lowest BCUT2D eigenvalue weighted by atomic mass is 10.1. The van der Waals surface area contributed by atoms with E-state index in [-0.39, 0.29) is 11.9 Å². The molecule has 1 aromatic rings. The fraction of sp³-hybridized carbons (Fsp3) is 0.308. The highest BCUT2D eigenvalue weighted by atomic mass is 19.1. The summed E-state index contributed by atoms with van der Waals surface area (Å²) in [6, 6.07) is 6.15. The molecule has 1 heterocycles. The SMILES string of the molecule is O=C(O)N1CCC[C@H]1/C=C/c1cccc(F)c1. The van der Waals surface area contributed by atoms with Crippen LogP contribution in [0.5, 0.6) is 0 Å². The van der Waals surface area contributed by atoms with Crippen molar-refractivity contribution >= 4 is 12.2 Å². The van der Waals surface area contributed by atoms with Crippen LogP contribution in [0.15, 0.2) is 30.3 Å². The first-order chi connectivity index (χ1) is 8.16. The Hall–Kier alpha value is -1.84. The molecule has 1 amide bonds. The van der Waals surface area contributed by atoms with Gasteiger partial charge in [-0.3, -0.25) is 0 Å². The van der Waals surface area contributed by atoms with Gasteiger partial charge < -0.3 is 10.0 Å². The van der Waals surface area contributed by atoms with Crippen LogP contribution in [0.3, 0.4) is 0 Å². The lowest BCUT2D eigenvalue weighted by Gasteiger charge is -2.17. The number of carboxylic acid groups (broad SMARTS) is 1. The topological polar surface area (TPSA) is 40.5 Å². The fourth-order valence-corrected chi connectivity index (χ4v) is 2.06. The second kappa shape index (κ2) is 4.99. The molecule has 1 atom stereocenters. The van der Waals surface area contributed by atoms with Crippen molar-refractivity contribution in [1.82, 2.24) is 4.90 Å². The summed E-state index contributed by atoms with van der Waals surface area (Å²) in [5.41, 5.74) is 0.752. The van der Waals surface area contributed by atoms with E-state index in [0.717, 1.165) is 18.4 Å². The first kappa shape index (κ1) is 11.6. The molecule has 0 aromatic heterocycles. The molecule has 90 valence electrons. The van der Waals surface area contributed by atoms with Crippen molar-refractivity contribution in [3.63, 3.8) is 0 Å². The van der Waals surface area contributed by atoms with Crippen LogP contribution >= 0.6 is 0 Å². The molecule has 17 heavy (non-hydrogen) atoms. The Morgan fingerprint density at radius 3 is 3.06 bits per heavy atom. The third kappa shape index (κ3) is 2.84. The standard InChI is InChI=1S/C13H14FNO2/c14-11-4-1-3-10(9-11)6-7-12-5-2-8-15(12)13(16)17/h1,3-4,6-7,9,12H,2,5,8H2,(H,16,17)/b7-6+/t12-/m0/s1. The van der Waals surface area contributed by atoms with Crippen LogP contribution < -0.4 is 0 Å². The molecule has 1 fully saturated rings. The van der Waals surface area contributed by atoms with Gasteiger partial charge in [0.2, 0.25) is 0 Å². The first-order valence-electron chi connectivity index (χ1n) is 5.60. The van der Waals surface area contributed by atoms with Gasteiger partial charge in [0.25, 0.3) is 0 Å². The van der Waals surface area contributed by atoms with Crippen LogP contribution in [0.2, 0.25) is 0 Å². The van der Waals surface area contributed by atoms with E-state index < -0.39 is 6.09 Å². The molecule has 0 radical (unpaired) electrons. The molecule has 0 saturated carbocycles. The van der Waals surface area contributed by atoms with Gasteiger partial charge in [-0.2, -0.15) is 0 Å². The van der Waals surface area contributed by atoms with Crippen molar-refractivity contribution in [2.24, 2.45) is 0 Å². The number of rotatable bonds is 2. The number of benzene rings is 1. The van der Waals surface area contributed by atoms with Crippen LogP contribution in [0.1, 0.15) is 18.4 Å². The van der Waals surface area contributed by atoms with Crippen molar-refractivity contribution in [3.8, 4) is 0 Å². The zero-order chi connectivity index (χ0) is 12.3. The molecule has 1 N–H and O–H groups in total. The van der Waals surface area contributed by atoms with Crippen LogP contribution in [0.25, 0.3) is 6.08 Å². The average Bonchev–Trinajstić information content (AvgIpc) is 2.74. The Morgan fingerprint density at radius 1 is 1.53 bits per heavy atom. The highest BCUT2D eigenvalue weighted by molar-refractivity contribution is 5.66. The maximum atomic E-state index is 12.9. The highest BCUT2D eigenvalue weighted by Gasteiger charge is 2.25. The molecule has 1 saturated heterocycles. The molecule has 0 aliphatic carbocycles. The minimum absolute atomic E-state index is 0.0873. The molecule has 0 bridgehead atoms. The van der Waals surface area contributed by atoms with Gasteiger partial charge in [-0.1, -0.05) is 24.3 Å². The normalized spacial score (nSPS) is 20.1. The van der Waals surface area contributed by atoms with Gasteiger partial charge in [-0.05, 0) is 30.5 Å². The Labute approximate surface area is 99.2 Å². The summed E-state index contributed by atoms with van der Waals surface area (Å²) in [5, 5.41) is 8.96. The number of likely N-dealkylation sites (tertiary alicyclic amines) is 1. The Bertz CT molecular complexity index is 445. The van der Waals surface area contributed by atoms with Gasteiger partial charge in [0.05, 0.1) is 6.04 Å². The molecular weight excluding hydrogens is 221 g/mol. The van der Waals surface area contributed by atoms with E-state index in [1.54, 1.807) is 18.2 Å². The second-order valence-corrected chi connectivity index (χ2v) is 4.10. The molecule has 0 unspecified atom stereocenters. The van der Waals surface area contributed by atoms with Gasteiger partial charge in [0.15, 0.2) is 0 Å². The highest BCUT2D eigenvalue weighted by Crippen LogP contribution is 2.19. The van der Waals surface area contributed by atoms with E-state index in [1.807, 2.05) is 6.08 Å². The van der Waals surface area contributed by atoms with Crippen LogP contribution in [0, 0.1) is 5.82 Å². The summed E-state index contributed by atoms with van der Waals surface area (Å²) in [5.74, 6) is -0.284. The Morgan fingerprint density at radius 2 is 2.35 bits per heavy atom. The Kier molecular flexibility index (Phi) is 3.42. The lowest BCUT2D eigenvalue weighted by Crippen LogP contribution is -2.32. The molecule has 2 rings (SSSR count). The molecular formula is C13H14FNO2. The predicted octanol–water partition coefficient (Wildman–Crippen LogP) is 2.98. The predicted molar refractivity (Wildman–Crippen MR) is 63.2 cm³/mol. The molecule has 1 aliphatic heterocycles. The van der Waals surface area contributed by atoms with Gasteiger partial charge in [0.1, 0.15) is 5.82 Å². The van der Waals surface area contributed by atoms with Crippen molar-refractivity contribution in [2.45, 2.75) is 18.9 Å². The summed E-state index contributed by atoms with van der Waals surface area (Å²) < 4.78 is 12.9. The summed E-state index contributed by atoms with van der Waals surface area (Å²) >= 11 is 0. The number of hydrogen-bond donors (Lipinski definition) is 1. The number of nitrogens with zero attached hydrogens (tertiary/aromatic N) is 1. The maximum Gasteiger partial charge on any atom is 0.407 e. The third-order valence-electron chi connectivity index (χ3n) is 2.90. The lowest BCUT2D eigenvalue weighted by molar-refractivity contribution is 0.147. The zero-order valence-corrected chi connectivity index (χ0v) is 9.34. The van der Waals surface area contributed by atoms with Crippen LogP contribution in [-0.4, -0.2) is 28.7 Å². The maximum absolute atomic E-state index is 12.9.